The van der Waals surface area contributed by atoms with Gasteiger partial charge in [-0.3, -0.25) is 4.79 Å². The Balaban J connectivity index is 2.35. The highest BCUT2D eigenvalue weighted by Gasteiger charge is 2.10. The number of benzene rings is 1. The molecule has 1 amide bonds. The monoisotopic (exact) mass is 299 g/mol. The summed E-state index contributed by atoms with van der Waals surface area (Å²) in [5.41, 5.74) is 6.32. The summed E-state index contributed by atoms with van der Waals surface area (Å²) in [5, 5.41) is 12.8. The zero-order valence-corrected chi connectivity index (χ0v) is 12.6. The van der Waals surface area contributed by atoms with Crippen molar-refractivity contribution in [3.63, 3.8) is 0 Å². The number of aromatic carboxylic acids is 1. The standard InChI is InChI=1S/C16H17N3O3/c1-10-8-14(9-17-18-12(3)20)11(2)19(10)15-6-4-13(5-7-15)16(21)22/h4-9H,1-3H3,(H,18,20)(H,21,22)/b17-9-. The first-order valence-electron chi connectivity index (χ1n) is 6.72. The van der Waals surface area contributed by atoms with Crippen LogP contribution in [0.5, 0.6) is 0 Å². The van der Waals surface area contributed by atoms with Crippen LogP contribution in [0, 0.1) is 13.8 Å². The number of aryl methyl sites for hydroxylation is 1. The molecule has 1 heterocycles. The molecular formula is C16H17N3O3. The average molecular weight is 299 g/mol. The number of amides is 1. The lowest BCUT2D eigenvalue weighted by atomic mass is 10.2. The van der Waals surface area contributed by atoms with Crippen molar-refractivity contribution >= 4 is 18.1 Å². The smallest absolute Gasteiger partial charge is 0.335 e. The number of carbonyl (C=O) groups is 2. The van der Waals surface area contributed by atoms with Crippen LogP contribution in [-0.4, -0.2) is 27.8 Å². The molecule has 0 saturated heterocycles. The Labute approximate surface area is 128 Å². The number of carboxylic acid groups (broad SMARTS) is 1. The zero-order chi connectivity index (χ0) is 16.3. The van der Waals surface area contributed by atoms with E-state index in [0.29, 0.717) is 0 Å². The van der Waals surface area contributed by atoms with Crippen molar-refractivity contribution in [2.24, 2.45) is 5.10 Å². The highest BCUT2D eigenvalue weighted by atomic mass is 16.4. The minimum absolute atomic E-state index is 0.227. The Morgan fingerprint density at radius 3 is 2.41 bits per heavy atom. The van der Waals surface area contributed by atoms with E-state index in [4.69, 9.17) is 5.11 Å². The molecule has 6 nitrogen and oxygen atoms in total. The van der Waals surface area contributed by atoms with E-state index in [1.54, 1.807) is 30.5 Å². The maximum atomic E-state index is 10.9. The van der Waals surface area contributed by atoms with Gasteiger partial charge in [0.15, 0.2) is 0 Å². The van der Waals surface area contributed by atoms with Crippen molar-refractivity contribution in [1.29, 1.82) is 0 Å². The fraction of sp³-hybridized carbons (Fsp3) is 0.188. The predicted octanol–water partition coefficient (Wildman–Crippen LogP) is 2.26. The second-order valence-electron chi connectivity index (χ2n) is 4.94. The summed E-state index contributed by atoms with van der Waals surface area (Å²) >= 11 is 0. The predicted molar refractivity (Wildman–Crippen MR) is 83.6 cm³/mol. The van der Waals surface area contributed by atoms with Crippen LogP contribution in [0.2, 0.25) is 0 Å². The molecule has 2 rings (SSSR count). The number of hydrazone groups is 1. The fourth-order valence-electron chi connectivity index (χ4n) is 2.26. The van der Waals surface area contributed by atoms with Crippen LogP contribution in [0.4, 0.5) is 0 Å². The van der Waals surface area contributed by atoms with Crippen molar-refractivity contribution in [3.8, 4) is 5.69 Å². The number of aromatic nitrogens is 1. The third-order valence-corrected chi connectivity index (χ3v) is 3.27. The van der Waals surface area contributed by atoms with Gasteiger partial charge in [-0.1, -0.05) is 0 Å². The van der Waals surface area contributed by atoms with Crippen molar-refractivity contribution in [3.05, 3.63) is 52.8 Å². The molecule has 0 spiro atoms. The van der Waals surface area contributed by atoms with E-state index in [1.165, 1.54) is 6.92 Å². The lowest BCUT2D eigenvalue weighted by Gasteiger charge is -2.09. The van der Waals surface area contributed by atoms with Gasteiger partial charge < -0.3 is 9.67 Å². The number of hydrogen-bond donors (Lipinski definition) is 2. The van der Waals surface area contributed by atoms with Crippen LogP contribution in [0.1, 0.15) is 34.2 Å². The van der Waals surface area contributed by atoms with Gasteiger partial charge in [-0.2, -0.15) is 5.10 Å². The maximum absolute atomic E-state index is 10.9. The summed E-state index contributed by atoms with van der Waals surface area (Å²) in [5.74, 6) is -1.18. The Hall–Kier alpha value is -2.89. The number of hydrogen-bond acceptors (Lipinski definition) is 3. The second-order valence-corrected chi connectivity index (χ2v) is 4.94. The molecule has 6 heteroatoms. The van der Waals surface area contributed by atoms with Gasteiger partial charge in [-0.15, -0.1) is 0 Å². The zero-order valence-electron chi connectivity index (χ0n) is 12.6. The lowest BCUT2D eigenvalue weighted by Crippen LogP contribution is -2.12. The highest BCUT2D eigenvalue weighted by molar-refractivity contribution is 5.88. The van der Waals surface area contributed by atoms with Crippen LogP contribution in [0.15, 0.2) is 35.4 Å². The van der Waals surface area contributed by atoms with E-state index in [0.717, 1.165) is 22.6 Å². The van der Waals surface area contributed by atoms with E-state index in [9.17, 15) is 9.59 Å². The third-order valence-electron chi connectivity index (χ3n) is 3.27. The van der Waals surface area contributed by atoms with Crippen LogP contribution < -0.4 is 5.43 Å². The minimum Gasteiger partial charge on any atom is -0.478 e. The Morgan fingerprint density at radius 1 is 1.23 bits per heavy atom. The van der Waals surface area contributed by atoms with Gasteiger partial charge in [0, 0.05) is 29.6 Å². The number of nitrogens with one attached hydrogen (secondary N) is 1. The van der Waals surface area contributed by atoms with Gasteiger partial charge in [0.1, 0.15) is 0 Å². The summed E-state index contributed by atoms with van der Waals surface area (Å²) < 4.78 is 2.00. The number of carboxylic acids is 1. The second kappa shape index (κ2) is 6.26. The van der Waals surface area contributed by atoms with Crippen molar-refractivity contribution in [2.45, 2.75) is 20.8 Å². The summed E-state index contributed by atoms with van der Waals surface area (Å²) in [6.07, 6.45) is 1.59. The number of rotatable bonds is 4. The van der Waals surface area contributed by atoms with E-state index in [1.807, 2.05) is 24.5 Å². The van der Waals surface area contributed by atoms with E-state index in [-0.39, 0.29) is 11.5 Å². The average Bonchev–Trinajstić information content (AvgIpc) is 2.73. The molecule has 0 fully saturated rings. The van der Waals surface area contributed by atoms with Gasteiger partial charge in [0.25, 0.3) is 0 Å². The van der Waals surface area contributed by atoms with Crippen LogP contribution in [-0.2, 0) is 4.79 Å². The molecule has 0 aliphatic rings. The van der Waals surface area contributed by atoms with Crippen molar-refractivity contribution in [1.82, 2.24) is 9.99 Å². The van der Waals surface area contributed by atoms with Gasteiger partial charge in [-0.25, -0.2) is 10.2 Å². The van der Waals surface area contributed by atoms with Crippen LogP contribution in [0.25, 0.3) is 5.69 Å². The van der Waals surface area contributed by atoms with Gasteiger partial charge >= 0.3 is 5.97 Å². The summed E-state index contributed by atoms with van der Waals surface area (Å²) in [7, 11) is 0. The quantitative estimate of drug-likeness (QED) is 0.671. The molecular weight excluding hydrogens is 282 g/mol. The Kier molecular flexibility index (Phi) is 4.41. The Bertz CT molecular complexity index is 743. The first-order chi connectivity index (χ1) is 10.4. The van der Waals surface area contributed by atoms with Crippen LogP contribution >= 0.6 is 0 Å². The molecule has 2 aromatic rings. The molecule has 0 saturated carbocycles. The summed E-state index contributed by atoms with van der Waals surface area (Å²) in [4.78, 5) is 21.7. The molecule has 0 atom stereocenters. The van der Waals surface area contributed by atoms with Crippen molar-refractivity contribution in [2.75, 3.05) is 0 Å². The molecule has 1 aromatic carbocycles. The van der Waals surface area contributed by atoms with Gasteiger partial charge in [0.05, 0.1) is 11.8 Å². The molecule has 0 aliphatic heterocycles. The van der Waals surface area contributed by atoms with E-state index < -0.39 is 5.97 Å². The summed E-state index contributed by atoms with van der Waals surface area (Å²) in [6.45, 7) is 5.28. The molecule has 114 valence electrons. The lowest BCUT2D eigenvalue weighted by molar-refractivity contribution is -0.118. The largest absolute Gasteiger partial charge is 0.478 e. The third kappa shape index (κ3) is 3.22. The maximum Gasteiger partial charge on any atom is 0.335 e. The fourth-order valence-corrected chi connectivity index (χ4v) is 2.26. The molecule has 1 aromatic heterocycles. The topological polar surface area (TPSA) is 83.7 Å². The highest BCUT2D eigenvalue weighted by Crippen LogP contribution is 2.20. The first kappa shape index (κ1) is 15.5. The molecule has 0 unspecified atom stereocenters. The minimum atomic E-state index is -0.948. The molecule has 0 aliphatic carbocycles. The van der Waals surface area contributed by atoms with Crippen molar-refractivity contribution < 1.29 is 14.7 Å². The summed E-state index contributed by atoms with van der Waals surface area (Å²) in [6, 6.07) is 8.62. The molecule has 0 bridgehead atoms. The SMILES string of the molecule is CC(=O)N/N=C\c1cc(C)n(-c2ccc(C(=O)O)cc2)c1C. The van der Waals surface area contributed by atoms with Gasteiger partial charge in [0.2, 0.25) is 5.91 Å². The van der Waals surface area contributed by atoms with E-state index >= 15 is 0 Å². The molecule has 22 heavy (non-hydrogen) atoms. The molecule has 0 radical (unpaired) electrons. The first-order valence-corrected chi connectivity index (χ1v) is 6.72. The Morgan fingerprint density at radius 2 is 1.86 bits per heavy atom. The van der Waals surface area contributed by atoms with Gasteiger partial charge in [-0.05, 0) is 44.2 Å². The van der Waals surface area contributed by atoms with E-state index in [2.05, 4.69) is 10.5 Å². The normalized spacial score (nSPS) is 10.9. The van der Waals surface area contributed by atoms with Crippen LogP contribution in [0.3, 0.4) is 0 Å². The number of carbonyl (C=O) groups excluding carboxylic acids is 1. The molecule has 2 N–H and O–H groups in total. The number of nitrogens with zero attached hydrogens (tertiary/aromatic N) is 2.